The highest BCUT2D eigenvalue weighted by Gasteiger charge is 2.31. The van der Waals surface area contributed by atoms with Crippen LogP contribution >= 0.6 is 22.6 Å². The summed E-state index contributed by atoms with van der Waals surface area (Å²) in [5.74, 6) is 0.452. The number of aliphatic hydroxyl groups is 1. The quantitative estimate of drug-likeness (QED) is 0.531. The van der Waals surface area contributed by atoms with E-state index in [1.54, 1.807) is 12.1 Å². The van der Waals surface area contributed by atoms with Gasteiger partial charge in [0.15, 0.2) is 11.5 Å². The molecule has 5 nitrogen and oxygen atoms in total. The topological polar surface area (TPSA) is 79.2 Å². The van der Waals surface area contributed by atoms with Gasteiger partial charge in [0.1, 0.15) is 0 Å². The minimum Gasteiger partial charge on any atom is -0.504 e. The highest BCUT2D eigenvalue weighted by molar-refractivity contribution is 14.1. The maximum Gasteiger partial charge on any atom is 0.491 e. The fraction of sp³-hybridized carbons (Fsp3) is 0.286. The van der Waals surface area contributed by atoms with Crippen LogP contribution < -0.4 is 4.74 Å². The van der Waals surface area contributed by atoms with Crippen molar-refractivity contribution in [2.75, 3.05) is 13.7 Å². The Hall–Kier alpha value is -1.03. The lowest BCUT2D eigenvalue weighted by atomic mass is 9.71. The largest absolute Gasteiger partial charge is 0.504 e. The third-order valence-corrected chi connectivity index (χ3v) is 4.17. The van der Waals surface area contributed by atoms with Crippen molar-refractivity contribution in [1.29, 1.82) is 0 Å². The summed E-state index contributed by atoms with van der Waals surface area (Å²) in [6, 6.07) is 3.48. The number of halogens is 1. The van der Waals surface area contributed by atoms with Crippen LogP contribution in [0.15, 0.2) is 35.8 Å². The Morgan fingerprint density at radius 2 is 2.29 bits per heavy atom. The number of hydrogen-bond acceptors (Lipinski definition) is 5. The molecule has 3 N–H and O–H groups in total. The van der Waals surface area contributed by atoms with Gasteiger partial charge in [0.25, 0.3) is 0 Å². The van der Waals surface area contributed by atoms with E-state index in [2.05, 4.69) is 6.58 Å². The third-order valence-electron chi connectivity index (χ3n) is 3.35. The van der Waals surface area contributed by atoms with E-state index in [9.17, 15) is 10.1 Å². The van der Waals surface area contributed by atoms with E-state index in [0.717, 1.165) is 5.56 Å². The second-order valence-electron chi connectivity index (χ2n) is 4.69. The first kappa shape index (κ1) is 16.3. The molecule has 0 amide bonds. The van der Waals surface area contributed by atoms with Gasteiger partial charge < -0.3 is 24.6 Å². The van der Waals surface area contributed by atoms with Crippen LogP contribution in [0, 0.1) is 3.57 Å². The van der Waals surface area contributed by atoms with E-state index >= 15 is 0 Å². The molecule has 0 radical (unpaired) electrons. The number of aromatic hydroxyl groups is 1. The number of aliphatic hydroxyl groups excluding tert-OH is 1. The summed E-state index contributed by atoms with van der Waals surface area (Å²) in [5.41, 5.74) is 1.76. The van der Waals surface area contributed by atoms with Gasteiger partial charge in [-0.2, -0.15) is 0 Å². The molecule has 0 fully saturated rings. The zero-order chi connectivity index (χ0) is 15.6. The Morgan fingerprint density at radius 3 is 2.86 bits per heavy atom. The van der Waals surface area contributed by atoms with E-state index in [-0.39, 0.29) is 18.5 Å². The molecule has 2 rings (SSSR count). The van der Waals surface area contributed by atoms with Gasteiger partial charge in [-0.15, -0.1) is 0 Å². The van der Waals surface area contributed by atoms with Crippen LogP contribution in [0.4, 0.5) is 0 Å². The van der Waals surface area contributed by atoms with Crippen molar-refractivity contribution in [3.05, 3.63) is 45.0 Å². The summed E-state index contributed by atoms with van der Waals surface area (Å²) in [6.07, 6.45) is 2.00. The smallest absolute Gasteiger partial charge is 0.491 e. The minimum atomic E-state index is -1.12. The van der Waals surface area contributed by atoms with Crippen LogP contribution in [0.1, 0.15) is 18.1 Å². The van der Waals surface area contributed by atoms with E-state index in [1.165, 1.54) is 7.11 Å². The van der Waals surface area contributed by atoms with Crippen LogP contribution in [0.5, 0.6) is 11.5 Å². The molecule has 0 bridgehead atoms. The molecule has 7 heteroatoms. The average molecular weight is 402 g/mol. The summed E-state index contributed by atoms with van der Waals surface area (Å²) in [5, 5.41) is 28.9. The maximum absolute atomic E-state index is 10.0. The van der Waals surface area contributed by atoms with Gasteiger partial charge >= 0.3 is 7.12 Å². The van der Waals surface area contributed by atoms with Crippen molar-refractivity contribution in [1.82, 2.24) is 0 Å². The van der Waals surface area contributed by atoms with Gasteiger partial charge in [0.05, 0.1) is 23.4 Å². The standard InChI is InChI=1S/C14H16BIO5/c1-8(7-17)10-3-4-12(21-15(10)19)9-5-11(16)14(18)13(6-9)20-2/h3,5-6,12,17-19H,1,4,7H2,2H3. The zero-order valence-electron chi connectivity index (χ0n) is 11.5. The Bertz CT molecular complexity index is 587. The number of ether oxygens (including phenoxy) is 1. The van der Waals surface area contributed by atoms with Crippen molar-refractivity contribution in [3.8, 4) is 11.5 Å². The fourth-order valence-corrected chi connectivity index (χ4v) is 2.80. The first-order valence-corrected chi connectivity index (χ1v) is 7.44. The molecule has 1 atom stereocenters. The maximum atomic E-state index is 10.0. The zero-order valence-corrected chi connectivity index (χ0v) is 13.7. The molecule has 0 saturated heterocycles. The van der Waals surface area contributed by atoms with Gasteiger partial charge in [-0.1, -0.05) is 12.7 Å². The molecule has 1 aliphatic rings. The highest BCUT2D eigenvalue weighted by Crippen LogP contribution is 2.38. The van der Waals surface area contributed by atoms with Gasteiger partial charge in [0, 0.05) is 0 Å². The fourth-order valence-electron chi connectivity index (χ4n) is 2.18. The Kier molecular flexibility index (Phi) is 5.31. The van der Waals surface area contributed by atoms with E-state index in [4.69, 9.17) is 14.5 Å². The first-order chi connectivity index (χ1) is 9.97. The van der Waals surface area contributed by atoms with Crippen molar-refractivity contribution < 1.29 is 24.6 Å². The molecular weight excluding hydrogens is 386 g/mol. The molecule has 0 aromatic heterocycles. The predicted octanol–water partition coefficient (Wildman–Crippen LogP) is 1.96. The summed E-state index contributed by atoms with van der Waals surface area (Å²) >= 11 is 2.01. The number of rotatable bonds is 4. The van der Waals surface area contributed by atoms with Gasteiger partial charge in [-0.25, -0.2) is 0 Å². The first-order valence-electron chi connectivity index (χ1n) is 6.37. The molecule has 1 aliphatic heterocycles. The summed E-state index contributed by atoms with van der Waals surface area (Å²) in [7, 11) is 0.357. The lowest BCUT2D eigenvalue weighted by Crippen LogP contribution is -2.29. The normalized spacial score (nSPS) is 18.4. The molecule has 1 heterocycles. The molecular formula is C14H16BIO5. The second kappa shape index (κ2) is 6.82. The van der Waals surface area contributed by atoms with E-state index in [1.807, 2.05) is 28.7 Å². The van der Waals surface area contributed by atoms with Gasteiger partial charge in [-0.3, -0.25) is 0 Å². The molecule has 112 valence electrons. The number of methoxy groups -OCH3 is 1. The van der Waals surface area contributed by atoms with Crippen molar-refractivity contribution in [3.63, 3.8) is 0 Å². The van der Waals surface area contributed by atoms with Crippen LogP contribution in [0.2, 0.25) is 0 Å². The average Bonchev–Trinajstić information content (AvgIpc) is 2.49. The number of benzene rings is 1. The van der Waals surface area contributed by atoms with Crippen LogP contribution in [-0.2, 0) is 4.65 Å². The summed E-state index contributed by atoms with van der Waals surface area (Å²) in [6.45, 7) is 3.47. The molecule has 1 aromatic carbocycles. The Labute approximate surface area is 137 Å². The summed E-state index contributed by atoms with van der Waals surface area (Å²) < 4.78 is 11.4. The minimum absolute atomic E-state index is 0.0862. The van der Waals surface area contributed by atoms with Crippen molar-refractivity contribution in [2.45, 2.75) is 12.5 Å². The number of hydrogen-bond donors (Lipinski definition) is 3. The van der Waals surface area contributed by atoms with E-state index < -0.39 is 7.12 Å². The van der Waals surface area contributed by atoms with Crippen LogP contribution in [0.3, 0.4) is 0 Å². The van der Waals surface area contributed by atoms with Crippen molar-refractivity contribution >= 4 is 29.7 Å². The molecule has 1 unspecified atom stereocenters. The second-order valence-corrected chi connectivity index (χ2v) is 5.85. The summed E-state index contributed by atoms with van der Waals surface area (Å²) in [4.78, 5) is 0. The molecule has 1 aromatic rings. The lowest BCUT2D eigenvalue weighted by molar-refractivity contribution is 0.167. The highest BCUT2D eigenvalue weighted by atomic mass is 127. The molecule has 0 saturated carbocycles. The van der Waals surface area contributed by atoms with Gasteiger partial charge in [-0.05, 0) is 57.8 Å². The predicted molar refractivity (Wildman–Crippen MR) is 88.1 cm³/mol. The third kappa shape index (κ3) is 3.42. The van der Waals surface area contributed by atoms with E-state index in [0.29, 0.717) is 26.8 Å². The number of phenols is 1. The van der Waals surface area contributed by atoms with Crippen molar-refractivity contribution in [2.24, 2.45) is 0 Å². The Morgan fingerprint density at radius 1 is 1.57 bits per heavy atom. The number of phenolic OH excluding ortho intramolecular Hbond substituents is 1. The Balaban J connectivity index is 2.27. The SMILES string of the molecule is C=C(CO)C1=CCC(c2cc(I)c(O)c(OC)c2)OB1O. The van der Waals surface area contributed by atoms with Crippen LogP contribution in [-0.4, -0.2) is 36.1 Å². The molecule has 0 aliphatic carbocycles. The van der Waals surface area contributed by atoms with Crippen LogP contribution in [0.25, 0.3) is 0 Å². The van der Waals surface area contributed by atoms with Gasteiger partial charge in [0.2, 0.25) is 0 Å². The monoisotopic (exact) mass is 402 g/mol. The lowest BCUT2D eigenvalue weighted by Gasteiger charge is -2.26. The molecule has 21 heavy (non-hydrogen) atoms. The molecule has 0 spiro atoms.